The molecule has 1 amide bonds. The highest BCUT2D eigenvalue weighted by Gasteiger charge is 2.38. The molecule has 0 aliphatic carbocycles. The van der Waals surface area contributed by atoms with Gasteiger partial charge in [-0.15, -0.1) is 0 Å². The summed E-state index contributed by atoms with van der Waals surface area (Å²) >= 11 is 0. The molecule has 1 atom stereocenters. The van der Waals surface area contributed by atoms with Gasteiger partial charge in [0.15, 0.2) is 0 Å². The highest BCUT2D eigenvalue weighted by atomic mass is 32.2. The molecule has 0 spiro atoms. The molecule has 0 radical (unpaired) electrons. The fourth-order valence-corrected chi connectivity index (χ4v) is 5.32. The van der Waals surface area contributed by atoms with Gasteiger partial charge in [0.05, 0.1) is 18.0 Å². The van der Waals surface area contributed by atoms with Crippen LogP contribution in [0.3, 0.4) is 0 Å². The van der Waals surface area contributed by atoms with Gasteiger partial charge in [-0.3, -0.25) is 9.69 Å². The average Bonchev–Trinajstić information content (AvgIpc) is 3.07. The molecule has 7 nitrogen and oxygen atoms in total. The highest BCUT2D eigenvalue weighted by molar-refractivity contribution is 7.89. The van der Waals surface area contributed by atoms with E-state index >= 15 is 0 Å². The fraction of sp³-hybridized carbons (Fsp3) is 0.650. The monoisotopic (exact) mass is 409 g/mol. The van der Waals surface area contributed by atoms with E-state index in [4.69, 9.17) is 4.74 Å². The summed E-state index contributed by atoms with van der Waals surface area (Å²) in [5.74, 6) is 1.31. The van der Waals surface area contributed by atoms with Gasteiger partial charge >= 0.3 is 0 Å². The van der Waals surface area contributed by atoms with E-state index < -0.39 is 10.0 Å². The Labute approximate surface area is 168 Å². The molecular weight excluding hydrogens is 378 g/mol. The fourth-order valence-electron chi connectivity index (χ4n) is 3.86. The molecule has 156 valence electrons. The quantitative estimate of drug-likeness (QED) is 0.685. The van der Waals surface area contributed by atoms with Gasteiger partial charge in [-0.05, 0) is 30.9 Å². The number of likely N-dealkylation sites (tertiary alicyclic amines) is 1. The summed E-state index contributed by atoms with van der Waals surface area (Å²) in [6.45, 7) is 7.91. The van der Waals surface area contributed by atoms with Gasteiger partial charge in [0.25, 0.3) is 0 Å². The lowest BCUT2D eigenvalue weighted by molar-refractivity contribution is -0.132. The first-order valence-electron chi connectivity index (χ1n) is 10.00. The standard InChI is InChI=1S/C20H31N3O4S/c1-16(2)7-9-22-10-8-19(20(22)24)21-11-13-23(14-12-21)28(25,26)18-6-4-5-17(15-18)27-3/h4-6,15-16,19H,7-14H2,1-3H3. The molecule has 2 heterocycles. The summed E-state index contributed by atoms with van der Waals surface area (Å²) in [7, 11) is -2.03. The molecule has 1 unspecified atom stereocenters. The van der Waals surface area contributed by atoms with Gasteiger partial charge in [0.2, 0.25) is 15.9 Å². The second kappa shape index (κ2) is 8.80. The summed E-state index contributed by atoms with van der Waals surface area (Å²) in [6.07, 6.45) is 1.85. The maximum absolute atomic E-state index is 12.9. The first-order chi connectivity index (χ1) is 13.3. The SMILES string of the molecule is COc1cccc(S(=O)(=O)N2CCN(C3CCN(CCC(C)C)C3=O)CC2)c1. The predicted octanol–water partition coefficient (Wildman–Crippen LogP) is 1.65. The smallest absolute Gasteiger partial charge is 0.243 e. The van der Waals surface area contributed by atoms with Gasteiger partial charge in [-0.1, -0.05) is 19.9 Å². The average molecular weight is 410 g/mol. The minimum atomic E-state index is -3.55. The van der Waals surface area contributed by atoms with Crippen LogP contribution in [0.25, 0.3) is 0 Å². The second-order valence-corrected chi connectivity index (χ2v) is 9.87. The van der Waals surface area contributed by atoms with E-state index in [9.17, 15) is 13.2 Å². The maximum Gasteiger partial charge on any atom is 0.243 e. The van der Waals surface area contributed by atoms with Crippen molar-refractivity contribution in [2.45, 2.75) is 37.6 Å². The number of methoxy groups -OCH3 is 1. The van der Waals surface area contributed by atoms with E-state index in [-0.39, 0.29) is 16.8 Å². The molecule has 0 aromatic heterocycles. The lowest BCUT2D eigenvalue weighted by Gasteiger charge is -2.36. The van der Waals surface area contributed by atoms with E-state index in [0.29, 0.717) is 37.8 Å². The number of hydrogen-bond acceptors (Lipinski definition) is 5. The van der Waals surface area contributed by atoms with Crippen LogP contribution in [0.5, 0.6) is 5.75 Å². The van der Waals surface area contributed by atoms with Crippen LogP contribution in [-0.2, 0) is 14.8 Å². The zero-order valence-corrected chi connectivity index (χ0v) is 17.8. The zero-order chi connectivity index (χ0) is 20.3. The van der Waals surface area contributed by atoms with Gasteiger partial charge < -0.3 is 9.64 Å². The number of carbonyl (C=O) groups excluding carboxylic acids is 1. The predicted molar refractivity (Wildman–Crippen MR) is 108 cm³/mol. The maximum atomic E-state index is 12.9. The van der Waals surface area contributed by atoms with Crippen molar-refractivity contribution in [3.63, 3.8) is 0 Å². The van der Waals surface area contributed by atoms with Crippen LogP contribution in [0.15, 0.2) is 29.2 Å². The molecule has 2 aliphatic rings. The number of nitrogens with zero attached hydrogens (tertiary/aromatic N) is 3. The minimum Gasteiger partial charge on any atom is -0.497 e. The second-order valence-electron chi connectivity index (χ2n) is 7.93. The number of ether oxygens (including phenoxy) is 1. The number of carbonyl (C=O) groups is 1. The van der Waals surface area contributed by atoms with Gasteiger partial charge in [-0.25, -0.2) is 8.42 Å². The van der Waals surface area contributed by atoms with Gasteiger partial charge in [0, 0.05) is 45.3 Å². The van der Waals surface area contributed by atoms with Crippen molar-refractivity contribution in [1.82, 2.24) is 14.1 Å². The molecule has 2 saturated heterocycles. The normalized spacial score (nSPS) is 22.2. The van der Waals surface area contributed by atoms with Crippen LogP contribution in [-0.4, -0.2) is 80.9 Å². The number of rotatable bonds is 7. The number of amides is 1. The van der Waals surface area contributed by atoms with Crippen molar-refractivity contribution in [3.8, 4) is 5.75 Å². The summed E-state index contributed by atoms with van der Waals surface area (Å²) in [5.41, 5.74) is 0. The molecule has 8 heteroatoms. The molecule has 28 heavy (non-hydrogen) atoms. The number of benzene rings is 1. The van der Waals surface area contributed by atoms with Crippen molar-refractivity contribution in [2.24, 2.45) is 5.92 Å². The first kappa shape index (κ1) is 21.1. The molecule has 0 saturated carbocycles. The van der Waals surface area contributed by atoms with E-state index in [2.05, 4.69) is 18.7 Å². The Bertz CT molecular complexity index is 788. The Hall–Kier alpha value is -1.64. The van der Waals surface area contributed by atoms with Crippen molar-refractivity contribution >= 4 is 15.9 Å². The number of piperazine rings is 1. The van der Waals surface area contributed by atoms with Gasteiger partial charge in [-0.2, -0.15) is 4.31 Å². The summed E-state index contributed by atoms with van der Waals surface area (Å²) < 4.78 is 32.5. The van der Waals surface area contributed by atoms with Crippen LogP contribution < -0.4 is 4.74 Å². The lowest BCUT2D eigenvalue weighted by Crippen LogP contribution is -2.53. The molecule has 0 N–H and O–H groups in total. The van der Waals surface area contributed by atoms with Crippen molar-refractivity contribution in [3.05, 3.63) is 24.3 Å². The molecule has 3 rings (SSSR count). The summed E-state index contributed by atoms with van der Waals surface area (Å²) in [4.78, 5) is 17.1. The van der Waals surface area contributed by atoms with E-state index in [1.54, 1.807) is 24.3 Å². The third-order valence-corrected chi connectivity index (χ3v) is 7.53. The number of hydrogen-bond donors (Lipinski definition) is 0. The van der Waals surface area contributed by atoms with Crippen molar-refractivity contribution in [1.29, 1.82) is 0 Å². The van der Waals surface area contributed by atoms with E-state index in [1.165, 1.54) is 11.4 Å². The van der Waals surface area contributed by atoms with Crippen LogP contribution in [0.2, 0.25) is 0 Å². The molecule has 2 fully saturated rings. The van der Waals surface area contributed by atoms with Crippen molar-refractivity contribution in [2.75, 3.05) is 46.4 Å². The molecule has 1 aromatic carbocycles. The highest BCUT2D eigenvalue weighted by Crippen LogP contribution is 2.24. The van der Waals surface area contributed by atoms with Crippen LogP contribution >= 0.6 is 0 Å². The van der Waals surface area contributed by atoms with Crippen LogP contribution in [0.4, 0.5) is 0 Å². The van der Waals surface area contributed by atoms with Gasteiger partial charge in [0.1, 0.15) is 5.75 Å². The number of sulfonamides is 1. The molecule has 2 aliphatic heterocycles. The third kappa shape index (κ3) is 4.50. The van der Waals surface area contributed by atoms with Crippen LogP contribution in [0, 0.1) is 5.92 Å². The van der Waals surface area contributed by atoms with E-state index in [0.717, 1.165) is 25.9 Å². The van der Waals surface area contributed by atoms with Crippen LogP contribution in [0.1, 0.15) is 26.7 Å². The summed E-state index contributed by atoms with van der Waals surface area (Å²) in [6, 6.07) is 6.46. The first-order valence-corrected chi connectivity index (χ1v) is 11.4. The largest absolute Gasteiger partial charge is 0.497 e. The Morgan fingerprint density at radius 2 is 1.86 bits per heavy atom. The summed E-state index contributed by atoms with van der Waals surface area (Å²) in [5, 5.41) is 0. The Morgan fingerprint density at radius 1 is 1.14 bits per heavy atom. The topological polar surface area (TPSA) is 70.2 Å². The Morgan fingerprint density at radius 3 is 2.50 bits per heavy atom. The van der Waals surface area contributed by atoms with Crippen molar-refractivity contribution < 1.29 is 17.9 Å². The lowest BCUT2D eigenvalue weighted by atomic mass is 10.1. The molecule has 0 bridgehead atoms. The minimum absolute atomic E-state index is 0.103. The molecular formula is C20H31N3O4S. The zero-order valence-electron chi connectivity index (χ0n) is 17.0. The Kier molecular flexibility index (Phi) is 6.62. The third-order valence-electron chi connectivity index (χ3n) is 5.64. The van der Waals surface area contributed by atoms with E-state index in [1.807, 2.05) is 4.90 Å². The Balaban J connectivity index is 1.59. The molecule has 1 aromatic rings.